The van der Waals surface area contributed by atoms with E-state index in [0.29, 0.717) is 4.48 Å². The van der Waals surface area contributed by atoms with Crippen LogP contribution < -0.4 is 0 Å². The molecule has 0 radical (unpaired) electrons. The molecule has 1 aliphatic heterocycles. The number of Topliss-reactive ketones (excluding diaryl/α,β-unsaturated/α-hetero) is 1. The van der Waals surface area contributed by atoms with Crippen molar-refractivity contribution in [3.8, 4) is 0 Å². The normalized spacial score (nSPS) is 19.6. The average Bonchev–Trinajstić information content (AvgIpc) is 2.83. The first kappa shape index (κ1) is 14.3. The summed E-state index contributed by atoms with van der Waals surface area (Å²) in [6, 6.07) is 9.15. The van der Waals surface area contributed by atoms with Crippen molar-refractivity contribution < 1.29 is 19.3 Å². The second-order valence-corrected chi connectivity index (χ2v) is 4.56. The van der Waals surface area contributed by atoms with Gasteiger partial charge in [-0.1, -0.05) is 30.3 Å². The van der Waals surface area contributed by atoms with E-state index in [1.165, 1.54) is 7.11 Å². The molecule has 104 valence electrons. The zero-order chi connectivity index (χ0) is 14.7. The van der Waals surface area contributed by atoms with Gasteiger partial charge >= 0.3 is 5.71 Å². The first-order valence-corrected chi connectivity index (χ1v) is 6.40. The Morgan fingerprint density at radius 2 is 1.95 bits per heavy atom. The predicted molar refractivity (Wildman–Crippen MR) is 77.4 cm³/mol. The molecule has 0 spiro atoms. The van der Waals surface area contributed by atoms with Gasteiger partial charge in [-0.15, -0.1) is 0 Å². The maximum absolute atomic E-state index is 12.2. The van der Waals surface area contributed by atoms with E-state index < -0.39 is 5.78 Å². The predicted octanol–water partition coefficient (Wildman–Crippen LogP) is 1.89. The van der Waals surface area contributed by atoms with Crippen LogP contribution in [-0.2, 0) is 14.4 Å². The molecule has 2 rings (SSSR count). The van der Waals surface area contributed by atoms with Gasteiger partial charge in [0.05, 0.1) is 16.5 Å². The highest BCUT2D eigenvalue weighted by Gasteiger charge is 2.41. The lowest BCUT2D eigenvalue weighted by atomic mass is 10.1. The lowest BCUT2D eigenvalue weighted by Gasteiger charge is -2.01. The fraction of sp³-hybridized carbons (Fsp3) is 0.154. The molecule has 0 saturated carbocycles. The molecule has 0 unspecified atom stereocenters. The summed E-state index contributed by atoms with van der Waals surface area (Å²) in [5.74, 6) is -0.635. The number of rotatable bonds is 2. The summed E-state index contributed by atoms with van der Waals surface area (Å²) >= 11 is 3.33. The molecule has 7 heteroatoms. The molecule has 0 amide bonds. The van der Waals surface area contributed by atoms with Crippen molar-refractivity contribution in [1.82, 2.24) is 0 Å². The molecule has 20 heavy (non-hydrogen) atoms. The molecule has 0 fully saturated rings. The van der Waals surface area contributed by atoms with Crippen molar-refractivity contribution >= 4 is 37.8 Å². The number of hydrogen-bond donors (Lipinski definition) is 0. The van der Waals surface area contributed by atoms with Crippen LogP contribution in [0.25, 0.3) is 4.48 Å². The number of nitrogens with zero attached hydrogens (tertiary/aromatic N) is 2. The number of allylic oxidation sites excluding steroid dienone is 1. The van der Waals surface area contributed by atoms with E-state index in [2.05, 4.69) is 25.8 Å². The molecular formula is C13H11BrN2O4. The fourth-order valence-corrected chi connectivity index (χ4v) is 2.21. The van der Waals surface area contributed by atoms with E-state index in [0.717, 1.165) is 12.7 Å². The van der Waals surface area contributed by atoms with E-state index in [4.69, 9.17) is 4.74 Å². The topological polar surface area (TPSA) is 74.0 Å². The molecule has 1 heterocycles. The highest BCUT2D eigenvalue weighted by Crippen LogP contribution is 2.29. The SMILES string of the molecule is COC1=NC(=C(\Br)c2ccccc2)/C(=O)/C1=[N+](/[O-])OC. The number of halogens is 1. The Kier molecular flexibility index (Phi) is 4.19. The van der Waals surface area contributed by atoms with Gasteiger partial charge in [-0.2, -0.15) is 0 Å². The molecule has 1 aromatic rings. The van der Waals surface area contributed by atoms with Gasteiger partial charge < -0.3 is 9.57 Å². The van der Waals surface area contributed by atoms with Gasteiger partial charge in [-0.25, -0.2) is 4.99 Å². The molecule has 0 atom stereocenters. The summed E-state index contributed by atoms with van der Waals surface area (Å²) in [6.45, 7) is 0. The Bertz CT molecular complexity index is 635. The summed E-state index contributed by atoms with van der Waals surface area (Å²) < 4.78 is 5.43. The number of carbonyl (C=O) groups is 1. The summed E-state index contributed by atoms with van der Waals surface area (Å²) in [4.78, 5) is 20.9. The maximum Gasteiger partial charge on any atom is 0.378 e. The quantitative estimate of drug-likeness (QED) is 0.469. The Morgan fingerprint density at radius 3 is 2.50 bits per heavy atom. The first-order chi connectivity index (χ1) is 9.60. The highest BCUT2D eigenvalue weighted by atomic mass is 79.9. The molecule has 1 aliphatic rings. The minimum Gasteiger partial charge on any atom is -0.476 e. The van der Waals surface area contributed by atoms with Gasteiger partial charge in [0, 0.05) is 7.11 Å². The Balaban J connectivity index is 2.56. The Morgan fingerprint density at radius 1 is 1.30 bits per heavy atom. The Labute approximate surface area is 123 Å². The maximum atomic E-state index is 12.2. The van der Waals surface area contributed by atoms with E-state index in [1.807, 2.05) is 30.3 Å². The minimum atomic E-state index is -0.561. The van der Waals surface area contributed by atoms with Crippen molar-refractivity contribution in [2.75, 3.05) is 14.2 Å². The van der Waals surface area contributed by atoms with Crippen molar-refractivity contribution in [2.45, 2.75) is 0 Å². The van der Waals surface area contributed by atoms with Crippen LogP contribution in [0, 0.1) is 5.21 Å². The molecule has 0 aliphatic carbocycles. The van der Waals surface area contributed by atoms with Crippen molar-refractivity contribution in [3.05, 3.63) is 46.8 Å². The van der Waals surface area contributed by atoms with Gasteiger partial charge in [-0.05, 0) is 21.5 Å². The molecule has 0 N–H and O–H groups in total. The van der Waals surface area contributed by atoms with Crippen LogP contribution in [0.3, 0.4) is 0 Å². The molecule has 0 bridgehead atoms. The van der Waals surface area contributed by atoms with Crippen LogP contribution in [0.1, 0.15) is 5.56 Å². The molecule has 0 aromatic heterocycles. The molecule has 0 saturated heterocycles. The van der Waals surface area contributed by atoms with Crippen LogP contribution in [0.4, 0.5) is 0 Å². The highest BCUT2D eigenvalue weighted by molar-refractivity contribution is 9.15. The number of hydrogen-bond acceptors (Lipinski definition) is 5. The van der Waals surface area contributed by atoms with Crippen LogP contribution in [0.5, 0.6) is 0 Å². The van der Waals surface area contributed by atoms with Crippen LogP contribution in [0.15, 0.2) is 41.0 Å². The molecular weight excluding hydrogens is 328 g/mol. The van der Waals surface area contributed by atoms with E-state index in [9.17, 15) is 10.0 Å². The lowest BCUT2D eigenvalue weighted by molar-refractivity contribution is -0.731. The number of aliphatic imine (C=N–C) groups is 1. The lowest BCUT2D eigenvalue weighted by Crippen LogP contribution is -2.28. The standard InChI is InChI=1S/C13H11BrN2O4/c1-19-13-11(16(18)20-2)12(17)10(15-13)9(14)8-6-4-3-5-7-8/h3-7H,1-2H3/b10-9-,16-11+. The third-order valence-corrected chi connectivity index (χ3v) is 3.46. The van der Waals surface area contributed by atoms with Crippen molar-refractivity contribution in [1.29, 1.82) is 0 Å². The average molecular weight is 339 g/mol. The summed E-state index contributed by atoms with van der Waals surface area (Å²) in [6.07, 6.45) is 0. The fourth-order valence-electron chi connectivity index (χ4n) is 1.68. The molecule has 6 nitrogen and oxygen atoms in total. The van der Waals surface area contributed by atoms with Gasteiger partial charge in [0.1, 0.15) is 5.70 Å². The van der Waals surface area contributed by atoms with Crippen LogP contribution in [0.2, 0.25) is 0 Å². The number of ketones is 1. The summed E-state index contributed by atoms with van der Waals surface area (Å²) in [7, 11) is 2.49. The van der Waals surface area contributed by atoms with Gasteiger partial charge in [0.15, 0.2) is 0 Å². The zero-order valence-corrected chi connectivity index (χ0v) is 12.4. The van der Waals surface area contributed by atoms with Gasteiger partial charge in [0.25, 0.3) is 11.7 Å². The summed E-state index contributed by atoms with van der Waals surface area (Å²) in [5.41, 5.74) is 0.588. The van der Waals surface area contributed by atoms with Crippen LogP contribution >= 0.6 is 15.9 Å². The van der Waals surface area contributed by atoms with E-state index >= 15 is 0 Å². The van der Waals surface area contributed by atoms with Crippen molar-refractivity contribution in [3.63, 3.8) is 0 Å². The van der Waals surface area contributed by atoms with Crippen molar-refractivity contribution in [2.24, 2.45) is 4.99 Å². The third kappa shape index (κ3) is 2.44. The number of methoxy groups -OCH3 is 1. The van der Waals surface area contributed by atoms with Gasteiger partial charge in [-0.3, -0.25) is 10.0 Å². The Hall–Kier alpha value is -2.15. The smallest absolute Gasteiger partial charge is 0.378 e. The van der Waals surface area contributed by atoms with Gasteiger partial charge in [0.2, 0.25) is 0 Å². The molecule has 1 aromatic carbocycles. The largest absolute Gasteiger partial charge is 0.476 e. The first-order valence-electron chi connectivity index (χ1n) is 5.61. The number of benzene rings is 1. The van der Waals surface area contributed by atoms with E-state index in [-0.39, 0.29) is 22.2 Å². The third-order valence-electron chi connectivity index (χ3n) is 2.62. The number of ether oxygens (including phenoxy) is 1. The van der Waals surface area contributed by atoms with E-state index in [1.54, 1.807) is 0 Å². The number of carbonyl (C=O) groups excluding carboxylic acids is 1. The second kappa shape index (κ2) is 5.87. The van der Waals surface area contributed by atoms with Crippen LogP contribution in [-0.4, -0.2) is 36.5 Å². The summed E-state index contributed by atoms with van der Waals surface area (Å²) in [5, 5.41) is 11.5. The monoisotopic (exact) mass is 338 g/mol. The minimum absolute atomic E-state index is 0.0743. The zero-order valence-electron chi connectivity index (χ0n) is 10.8. The second-order valence-electron chi connectivity index (χ2n) is 3.77.